The Morgan fingerprint density at radius 2 is 2.10 bits per heavy atom. The second kappa shape index (κ2) is 7.96. The van der Waals surface area contributed by atoms with Crippen LogP contribution in [0.15, 0.2) is 36.7 Å². The molecule has 1 aliphatic heterocycles. The zero-order valence-electron chi connectivity index (χ0n) is 16.7. The van der Waals surface area contributed by atoms with Gasteiger partial charge in [0.2, 0.25) is 0 Å². The Labute approximate surface area is 173 Å². The first-order chi connectivity index (χ1) is 13.9. The Morgan fingerprint density at radius 3 is 2.83 bits per heavy atom. The van der Waals surface area contributed by atoms with E-state index in [9.17, 15) is 9.59 Å². The largest absolute Gasteiger partial charge is 0.370 e. The van der Waals surface area contributed by atoms with Crippen molar-refractivity contribution in [3.63, 3.8) is 0 Å². The molecule has 1 aromatic carbocycles. The third-order valence-electron chi connectivity index (χ3n) is 4.89. The first-order valence-electron chi connectivity index (χ1n) is 9.66. The third kappa shape index (κ3) is 3.90. The van der Waals surface area contributed by atoms with E-state index in [0.29, 0.717) is 30.1 Å². The third-order valence-corrected chi connectivity index (χ3v) is 6.07. The molecule has 1 unspecified atom stereocenters. The lowest BCUT2D eigenvalue weighted by atomic mass is 10.0. The number of morpholine rings is 1. The molecule has 1 saturated heterocycles. The van der Waals surface area contributed by atoms with E-state index < -0.39 is 0 Å². The van der Waals surface area contributed by atoms with Crippen LogP contribution in [0.3, 0.4) is 0 Å². The van der Waals surface area contributed by atoms with Gasteiger partial charge in [-0.3, -0.25) is 14.3 Å². The van der Waals surface area contributed by atoms with Gasteiger partial charge < -0.3 is 15.0 Å². The van der Waals surface area contributed by atoms with Gasteiger partial charge in [0.15, 0.2) is 0 Å². The molecule has 3 heterocycles. The van der Waals surface area contributed by atoms with Gasteiger partial charge in [-0.05, 0) is 25.3 Å². The van der Waals surface area contributed by atoms with E-state index in [4.69, 9.17) is 4.74 Å². The second-order valence-electron chi connectivity index (χ2n) is 7.48. The minimum absolute atomic E-state index is 0.0384. The molecule has 0 radical (unpaired) electrons. The number of fused-ring (bicyclic) bond motifs is 1. The van der Waals surface area contributed by atoms with Crippen molar-refractivity contribution in [1.29, 1.82) is 0 Å². The van der Waals surface area contributed by atoms with Gasteiger partial charge in [0.25, 0.3) is 11.8 Å². The van der Waals surface area contributed by atoms with E-state index in [-0.39, 0.29) is 24.0 Å². The van der Waals surface area contributed by atoms with Crippen LogP contribution in [0.2, 0.25) is 0 Å². The SMILES string of the molecule is CC(C)NC(=O)c1sc2ccccc2c1C1CN(C(=O)c2cnn(C)c2)CCO1. The summed E-state index contributed by atoms with van der Waals surface area (Å²) in [4.78, 5) is 28.2. The highest BCUT2D eigenvalue weighted by molar-refractivity contribution is 7.21. The molecule has 3 aromatic rings. The smallest absolute Gasteiger partial charge is 0.261 e. The Bertz CT molecular complexity index is 1060. The van der Waals surface area contributed by atoms with Gasteiger partial charge in [-0.15, -0.1) is 11.3 Å². The monoisotopic (exact) mass is 412 g/mol. The molecule has 152 valence electrons. The van der Waals surface area contributed by atoms with Crippen LogP contribution in [-0.4, -0.2) is 52.2 Å². The minimum atomic E-state index is -0.353. The molecule has 0 aliphatic carbocycles. The Hall–Kier alpha value is -2.71. The number of aryl methyl sites for hydroxylation is 1. The predicted molar refractivity (Wildman–Crippen MR) is 112 cm³/mol. The maximum Gasteiger partial charge on any atom is 0.261 e. The second-order valence-corrected chi connectivity index (χ2v) is 8.53. The van der Waals surface area contributed by atoms with Crippen molar-refractivity contribution in [2.75, 3.05) is 19.7 Å². The topological polar surface area (TPSA) is 76.5 Å². The van der Waals surface area contributed by atoms with Crippen molar-refractivity contribution in [3.8, 4) is 0 Å². The molecular weight excluding hydrogens is 388 g/mol. The number of carbonyl (C=O) groups is 2. The molecule has 0 saturated carbocycles. The number of aromatic nitrogens is 2. The summed E-state index contributed by atoms with van der Waals surface area (Å²) in [5.74, 6) is -0.172. The van der Waals surface area contributed by atoms with Gasteiger partial charge in [-0.25, -0.2) is 0 Å². The molecule has 8 heteroatoms. The lowest BCUT2D eigenvalue weighted by Gasteiger charge is -2.33. The highest BCUT2D eigenvalue weighted by Gasteiger charge is 2.32. The minimum Gasteiger partial charge on any atom is -0.370 e. The van der Waals surface area contributed by atoms with Crippen LogP contribution in [0, 0.1) is 0 Å². The Kier molecular flexibility index (Phi) is 5.38. The average molecular weight is 413 g/mol. The van der Waals surface area contributed by atoms with Gasteiger partial charge in [0.1, 0.15) is 6.10 Å². The standard InChI is InChI=1S/C21H24N4O3S/c1-13(2)23-20(26)19-18(15-6-4-5-7-17(15)29-19)16-12-25(8-9-28-16)21(27)14-10-22-24(3)11-14/h4-7,10-11,13,16H,8-9,12H2,1-3H3,(H,23,26). The molecule has 4 rings (SSSR count). The summed E-state index contributed by atoms with van der Waals surface area (Å²) in [6, 6.07) is 7.99. The lowest BCUT2D eigenvalue weighted by Crippen LogP contribution is -2.42. The molecule has 29 heavy (non-hydrogen) atoms. The predicted octanol–water partition coefficient (Wildman–Crippen LogP) is 2.99. The van der Waals surface area contributed by atoms with Crippen LogP contribution < -0.4 is 5.32 Å². The number of rotatable bonds is 4. The molecule has 2 amide bonds. The van der Waals surface area contributed by atoms with Gasteiger partial charge in [0.05, 0.1) is 29.8 Å². The van der Waals surface area contributed by atoms with Crippen molar-refractivity contribution >= 4 is 33.2 Å². The molecule has 0 spiro atoms. The van der Waals surface area contributed by atoms with E-state index in [1.54, 1.807) is 29.0 Å². The van der Waals surface area contributed by atoms with Crippen molar-refractivity contribution in [3.05, 3.63) is 52.7 Å². The summed E-state index contributed by atoms with van der Waals surface area (Å²) in [7, 11) is 1.79. The number of nitrogens with zero attached hydrogens (tertiary/aromatic N) is 3. The number of ether oxygens (including phenoxy) is 1. The van der Waals surface area contributed by atoms with Crippen LogP contribution >= 0.6 is 11.3 Å². The Balaban J connectivity index is 1.68. The molecule has 1 N–H and O–H groups in total. The fourth-order valence-corrected chi connectivity index (χ4v) is 4.76. The van der Waals surface area contributed by atoms with Crippen LogP contribution in [0.4, 0.5) is 0 Å². The molecule has 1 atom stereocenters. The average Bonchev–Trinajstić information content (AvgIpc) is 3.30. The molecule has 1 aliphatic rings. The van der Waals surface area contributed by atoms with E-state index in [1.165, 1.54) is 11.3 Å². The highest BCUT2D eigenvalue weighted by Crippen LogP contribution is 2.38. The number of nitrogens with one attached hydrogen (secondary N) is 1. The van der Waals surface area contributed by atoms with Gasteiger partial charge in [0, 0.05) is 36.1 Å². The number of amides is 2. The Morgan fingerprint density at radius 1 is 1.31 bits per heavy atom. The van der Waals surface area contributed by atoms with Crippen molar-refractivity contribution in [2.24, 2.45) is 7.05 Å². The van der Waals surface area contributed by atoms with Crippen LogP contribution in [0.25, 0.3) is 10.1 Å². The van der Waals surface area contributed by atoms with Crippen molar-refractivity contribution < 1.29 is 14.3 Å². The number of hydrogen-bond acceptors (Lipinski definition) is 5. The zero-order chi connectivity index (χ0) is 20.5. The number of hydrogen-bond donors (Lipinski definition) is 1. The number of carbonyl (C=O) groups excluding carboxylic acids is 2. The summed E-state index contributed by atoms with van der Waals surface area (Å²) < 4.78 is 8.71. The maximum atomic E-state index is 12.9. The quantitative estimate of drug-likeness (QED) is 0.715. The molecule has 7 nitrogen and oxygen atoms in total. The fourth-order valence-electron chi connectivity index (χ4n) is 3.60. The zero-order valence-corrected chi connectivity index (χ0v) is 17.5. The summed E-state index contributed by atoms with van der Waals surface area (Å²) in [6.45, 7) is 5.22. The lowest BCUT2D eigenvalue weighted by molar-refractivity contribution is -0.0222. The van der Waals surface area contributed by atoms with E-state index in [1.807, 2.05) is 38.1 Å². The van der Waals surface area contributed by atoms with Gasteiger partial charge >= 0.3 is 0 Å². The molecular formula is C21H24N4O3S. The van der Waals surface area contributed by atoms with E-state index in [0.717, 1.165) is 15.6 Å². The molecule has 0 bridgehead atoms. The summed E-state index contributed by atoms with van der Waals surface area (Å²) in [6.07, 6.45) is 2.94. The van der Waals surface area contributed by atoms with E-state index >= 15 is 0 Å². The summed E-state index contributed by atoms with van der Waals surface area (Å²) in [5.41, 5.74) is 1.42. The van der Waals surface area contributed by atoms with Gasteiger partial charge in [-0.2, -0.15) is 5.10 Å². The first-order valence-corrected chi connectivity index (χ1v) is 10.5. The van der Waals surface area contributed by atoms with Gasteiger partial charge in [-0.1, -0.05) is 18.2 Å². The number of benzene rings is 1. The molecule has 2 aromatic heterocycles. The van der Waals surface area contributed by atoms with Crippen molar-refractivity contribution in [2.45, 2.75) is 26.0 Å². The maximum absolute atomic E-state index is 12.9. The van der Waals surface area contributed by atoms with Crippen LogP contribution in [0.1, 0.15) is 45.5 Å². The fraction of sp³-hybridized carbons (Fsp3) is 0.381. The first kappa shape index (κ1) is 19.6. The van der Waals surface area contributed by atoms with Crippen LogP contribution in [-0.2, 0) is 11.8 Å². The summed E-state index contributed by atoms with van der Waals surface area (Å²) in [5, 5.41) is 8.09. The van der Waals surface area contributed by atoms with Crippen molar-refractivity contribution in [1.82, 2.24) is 20.0 Å². The highest BCUT2D eigenvalue weighted by atomic mass is 32.1. The normalized spacial score (nSPS) is 17.1. The summed E-state index contributed by atoms with van der Waals surface area (Å²) >= 11 is 1.47. The van der Waals surface area contributed by atoms with E-state index in [2.05, 4.69) is 10.4 Å². The molecule has 1 fully saturated rings. The number of thiophene rings is 1. The van der Waals surface area contributed by atoms with Crippen LogP contribution in [0.5, 0.6) is 0 Å².